The van der Waals surface area contributed by atoms with Crippen LogP contribution in [0.25, 0.3) is 22.3 Å². The molecule has 4 heterocycles. The molecule has 0 spiro atoms. The van der Waals surface area contributed by atoms with Crippen LogP contribution in [0.4, 0.5) is 26.4 Å². The van der Waals surface area contributed by atoms with Crippen molar-refractivity contribution in [2.45, 2.75) is 26.8 Å². The number of benzene rings is 1. The SMILES string of the molecule is Cc1nc2c(F)cc(-c3nc(Nc4ncc(N5CCNCC5)cn4)ncc3F)cc2n1C(C)C. The summed E-state index contributed by atoms with van der Waals surface area (Å²) in [5.41, 5.74) is 2.03. The molecule has 5 rings (SSSR count). The van der Waals surface area contributed by atoms with E-state index in [0.717, 1.165) is 38.1 Å². The summed E-state index contributed by atoms with van der Waals surface area (Å²) in [4.78, 5) is 23.5. The largest absolute Gasteiger partial charge is 0.366 e. The van der Waals surface area contributed by atoms with Crippen LogP contribution in [-0.4, -0.2) is 55.7 Å². The molecule has 1 aliphatic heterocycles. The summed E-state index contributed by atoms with van der Waals surface area (Å²) < 4.78 is 31.5. The van der Waals surface area contributed by atoms with Gasteiger partial charge < -0.3 is 14.8 Å². The van der Waals surface area contributed by atoms with E-state index in [-0.39, 0.29) is 29.1 Å². The summed E-state index contributed by atoms with van der Waals surface area (Å²) in [5, 5.41) is 6.21. The third kappa shape index (κ3) is 4.14. The topological polar surface area (TPSA) is 96.7 Å². The first-order chi connectivity index (χ1) is 16.4. The molecule has 34 heavy (non-hydrogen) atoms. The van der Waals surface area contributed by atoms with Crippen molar-refractivity contribution in [3.63, 3.8) is 0 Å². The van der Waals surface area contributed by atoms with Crippen LogP contribution in [0.1, 0.15) is 25.7 Å². The summed E-state index contributed by atoms with van der Waals surface area (Å²) in [6.45, 7) is 9.39. The van der Waals surface area contributed by atoms with Gasteiger partial charge in [0.05, 0.1) is 29.8 Å². The van der Waals surface area contributed by atoms with Crippen LogP contribution in [0.15, 0.2) is 30.7 Å². The van der Waals surface area contributed by atoms with E-state index in [4.69, 9.17) is 0 Å². The Hall–Kier alpha value is -3.73. The van der Waals surface area contributed by atoms with E-state index in [1.807, 2.05) is 25.3 Å². The minimum absolute atomic E-state index is 0.0232. The summed E-state index contributed by atoms with van der Waals surface area (Å²) in [6, 6.07) is 3.01. The molecule has 1 aromatic carbocycles. The quantitative estimate of drug-likeness (QED) is 0.462. The molecule has 0 radical (unpaired) electrons. The molecule has 0 amide bonds. The molecular weight excluding hydrogens is 440 g/mol. The molecule has 3 aromatic heterocycles. The van der Waals surface area contributed by atoms with Gasteiger partial charge in [-0.05, 0) is 32.9 Å². The molecule has 0 atom stereocenters. The third-order valence-corrected chi connectivity index (χ3v) is 5.80. The minimum atomic E-state index is -0.661. The fourth-order valence-corrected chi connectivity index (χ4v) is 4.26. The van der Waals surface area contributed by atoms with Crippen LogP contribution in [0, 0.1) is 18.6 Å². The zero-order chi connectivity index (χ0) is 23.8. The van der Waals surface area contributed by atoms with Crippen molar-refractivity contribution in [2.75, 3.05) is 36.4 Å². The van der Waals surface area contributed by atoms with Crippen LogP contribution in [0.2, 0.25) is 0 Å². The Balaban J connectivity index is 1.45. The number of anilines is 3. The van der Waals surface area contributed by atoms with Gasteiger partial charge in [-0.1, -0.05) is 0 Å². The summed E-state index contributed by atoms with van der Waals surface area (Å²) >= 11 is 0. The van der Waals surface area contributed by atoms with Crippen LogP contribution < -0.4 is 15.5 Å². The monoisotopic (exact) mass is 465 g/mol. The number of fused-ring (bicyclic) bond motifs is 1. The Morgan fingerprint density at radius 1 is 0.941 bits per heavy atom. The normalized spacial score (nSPS) is 14.2. The first kappa shape index (κ1) is 22.1. The highest BCUT2D eigenvalue weighted by Crippen LogP contribution is 2.30. The van der Waals surface area contributed by atoms with Crippen molar-refractivity contribution in [3.8, 4) is 11.3 Å². The number of imidazole rings is 1. The smallest absolute Gasteiger partial charge is 0.230 e. The van der Waals surface area contributed by atoms with Crippen molar-refractivity contribution >= 4 is 28.6 Å². The first-order valence-corrected chi connectivity index (χ1v) is 11.2. The lowest BCUT2D eigenvalue weighted by molar-refractivity contribution is 0.588. The number of rotatable bonds is 5. The van der Waals surface area contributed by atoms with Gasteiger partial charge in [0.15, 0.2) is 11.6 Å². The average molecular weight is 466 g/mol. The van der Waals surface area contributed by atoms with E-state index >= 15 is 0 Å². The fraction of sp³-hybridized carbons (Fsp3) is 0.348. The Kier molecular flexibility index (Phi) is 5.78. The number of piperazine rings is 1. The molecule has 0 saturated carbocycles. The molecule has 11 heteroatoms. The molecule has 1 aliphatic rings. The lowest BCUT2D eigenvalue weighted by Crippen LogP contribution is -2.43. The van der Waals surface area contributed by atoms with Gasteiger partial charge in [0, 0.05) is 37.8 Å². The minimum Gasteiger partial charge on any atom is -0.366 e. The number of nitrogens with one attached hydrogen (secondary N) is 2. The van der Waals surface area contributed by atoms with Gasteiger partial charge in [0.2, 0.25) is 11.9 Å². The van der Waals surface area contributed by atoms with E-state index in [0.29, 0.717) is 16.9 Å². The van der Waals surface area contributed by atoms with Gasteiger partial charge in [0.25, 0.3) is 0 Å². The van der Waals surface area contributed by atoms with E-state index < -0.39 is 11.6 Å². The van der Waals surface area contributed by atoms with Crippen LogP contribution in [-0.2, 0) is 0 Å². The van der Waals surface area contributed by atoms with Gasteiger partial charge >= 0.3 is 0 Å². The van der Waals surface area contributed by atoms with Crippen molar-refractivity contribution < 1.29 is 8.78 Å². The lowest BCUT2D eigenvalue weighted by atomic mass is 10.1. The number of hydrogen-bond acceptors (Lipinski definition) is 8. The van der Waals surface area contributed by atoms with Crippen LogP contribution >= 0.6 is 0 Å². The second-order valence-corrected chi connectivity index (χ2v) is 8.47. The highest BCUT2D eigenvalue weighted by molar-refractivity contribution is 5.83. The van der Waals surface area contributed by atoms with Crippen LogP contribution in [0.3, 0.4) is 0 Å². The predicted octanol–water partition coefficient (Wildman–Crippen LogP) is 3.60. The number of halogens is 2. The van der Waals surface area contributed by atoms with Crippen LogP contribution in [0.5, 0.6) is 0 Å². The Morgan fingerprint density at radius 2 is 1.65 bits per heavy atom. The average Bonchev–Trinajstić information content (AvgIpc) is 3.18. The number of aromatic nitrogens is 6. The van der Waals surface area contributed by atoms with E-state index in [2.05, 4.69) is 40.5 Å². The standard InChI is InChI=1S/C23H25F2N9/c1-13(2)34-14(3)30-21-17(24)8-15(9-19(21)34)20-18(25)12-29-23(31-20)32-22-27-10-16(11-28-22)33-6-4-26-5-7-33/h8-13,26H,4-7H2,1-3H3,(H,27,28,29,31,32). The molecule has 4 aromatic rings. The van der Waals surface area contributed by atoms with E-state index in [1.54, 1.807) is 18.5 Å². The first-order valence-electron chi connectivity index (χ1n) is 11.2. The van der Waals surface area contributed by atoms with E-state index in [1.165, 1.54) is 6.07 Å². The third-order valence-electron chi connectivity index (χ3n) is 5.80. The second-order valence-electron chi connectivity index (χ2n) is 8.47. The van der Waals surface area contributed by atoms with Crippen molar-refractivity contribution in [3.05, 3.63) is 48.2 Å². The van der Waals surface area contributed by atoms with Crippen molar-refractivity contribution in [1.29, 1.82) is 0 Å². The molecule has 1 fully saturated rings. The number of aryl methyl sites for hydroxylation is 1. The Labute approximate surface area is 195 Å². The van der Waals surface area contributed by atoms with Gasteiger partial charge in [-0.2, -0.15) is 0 Å². The number of hydrogen-bond donors (Lipinski definition) is 2. The maximum atomic E-state index is 14.9. The predicted molar refractivity (Wildman–Crippen MR) is 126 cm³/mol. The van der Waals surface area contributed by atoms with Gasteiger partial charge in [-0.3, -0.25) is 5.32 Å². The van der Waals surface area contributed by atoms with E-state index in [9.17, 15) is 8.78 Å². The molecule has 0 unspecified atom stereocenters. The zero-order valence-electron chi connectivity index (χ0n) is 19.2. The molecule has 1 saturated heterocycles. The Bertz CT molecular complexity index is 1330. The highest BCUT2D eigenvalue weighted by Gasteiger charge is 2.19. The lowest BCUT2D eigenvalue weighted by Gasteiger charge is -2.28. The molecule has 176 valence electrons. The molecule has 2 N–H and O–H groups in total. The van der Waals surface area contributed by atoms with Crippen molar-refractivity contribution in [2.24, 2.45) is 0 Å². The maximum Gasteiger partial charge on any atom is 0.230 e. The molecule has 9 nitrogen and oxygen atoms in total. The summed E-state index contributed by atoms with van der Waals surface area (Å²) in [5.74, 6) is -0.110. The van der Waals surface area contributed by atoms with Crippen molar-refractivity contribution in [1.82, 2.24) is 34.8 Å². The molecule has 0 aliphatic carbocycles. The fourth-order valence-electron chi connectivity index (χ4n) is 4.26. The maximum absolute atomic E-state index is 14.9. The summed E-state index contributed by atoms with van der Waals surface area (Å²) in [6.07, 6.45) is 4.50. The van der Waals surface area contributed by atoms with Gasteiger partial charge in [-0.25, -0.2) is 33.7 Å². The Morgan fingerprint density at radius 3 is 2.35 bits per heavy atom. The second kappa shape index (κ2) is 8.90. The zero-order valence-corrected chi connectivity index (χ0v) is 19.2. The number of nitrogens with zero attached hydrogens (tertiary/aromatic N) is 7. The molecular formula is C23H25F2N9. The van der Waals surface area contributed by atoms with Gasteiger partial charge in [0.1, 0.15) is 17.0 Å². The highest BCUT2D eigenvalue weighted by atomic mass is 19.1. The summed E-state index contributed by atoms with van der Waals surface area (Å²) in [7, 11) is 0. The van der Waals surface area contributed by atoms with Gasteiger partial charge in [-0.15, -0.1) is 0 Å². The molecule has 0 bridgehead atoms.